The van der Waals surface area contributed by atoms with Crippen LogP contribution in [0.2, 0.25) is 0 Å². The molecule has 1 saturated heterocycles. The molecular formula is C25H26N4O4S. The standard InChI is InChI=1S/C25H26N4O4S/c1-2-32-20-9-6-10-22-23(20)26-25(34-22)29(12-11-28-13-15-31-16-14-28)24(30)19-17-21(33-27-19)18-7-4-3-5-8-18/h3-10,17H,2,11-16H2,1H3. The SMILES string of the molecule is CCOc1cccc2sc(N(CCN3CCOCC3)C(=O)c3cc(-c4ccccc4)on3)nc12. The number of benzene rings is 2. The molecule has 1 fully saturated rings. The van der Waals surface area contributed by atoms with Gasteiger partial charge in [-0.15, -0.1) is 0 Å². The average Bonchev–Trinajstić information content (AvgIpc) is 3.54. The predicted octanol–water partition coefficient (Wildman–Crippen LogP) is 4.33. The van der Waals surface area contributed by atoms with Crippen LogP contribution in [0.3, 0.4) is 0 Å². The quantitative estimate of drug-likeness (QED) is 0.373. The van der Waals surface area contributed by atoms with E-state index in [-0.39, 0.29) is 11.6 Å². The molecule has 176 valence electrons. The number of amides is 1. The first-order valence-electron chi connectivity index (χ1n) is 11.4. The molecule has 1 amide bonds. The summed E-state index contributed by atoms with van der Waals surface area (Å²) in [6.07, 6.45) is 0. The summed E-state index contributed by atoms with van der Waals surface area (Å²) < 4.78 is 17.7. The average molecular weight is 479 g/mol. The number of hydrogen-bond acceptors (Lipinski definition) is 8. The van der Waals surface area contributed by atoms with Crippen LogP contribution < -0.4 is 9.64 Å². The van der Waals surface area contributed by atoms with Crippen molar-refractivity contribution in [2.75, 3.05) is 50.9 Å². The van der Waals surface area contributed by atoms with E-state index in [1.165, 1.54) is 11.3 Å². The van der Waals surface area contributed by atoms with Crippen molar-refractivity contribution in [3.63, 3.8) is 0 Å². The van der Waals surface area contributed by atoms with Crippen molar-refractivity contribution in [2.45, 2.75) is 6.92 Å². The lowest BCUT2D eigenvalue weighted by Crippen LogP contribution is -2.43. The molecule has 0 radical (unpaired) electrons. The third kappa shape index (κ3) is 4.82. The maximum absolute atomic E-state index is 13.6. The van der Waals surface area contributed by atoms with E-state index >= 15 is 0 Å². The molecule has 34 heavy (non-hydrogen) atoms. The van der Waals surface area contributed by atoms with Crippen LogP contribution in [0.15, 0.2) is 59.1 Å². The van der Waals surface area contributed by atoms with Gasteiger partial charge in [-0.1, -0.05) is 52.9 Å². The van der Waals surface area contributed by atoms with Gasteiger partial charge in [0.15, 0.2) is 16.6 Å². The molecule has 2 aromatic carbocycles. The van der Waals surface area contributed by atoms with Gasteiger partial charge in [0.25, 0.3) is 5.91 Å². The van der Waals surface area contributed by atoms with Crippen molar-refractivity contribution in [3.8, 4) is 17.1 Å². The molecule has 0 unspecified atom stereocenters. The Kier molecular flexibility index (Phi) is 6.84. The number of fused-ring (bicyclic) bond motifs is 1. The monoisotopic (exact) mass is 478 g/mol. The van der Waals surface area contributed by atoms with E-state index in [0.29, 0.717) is 43.8 Å². The van der Waals surface area contributed by atoms with Crippen molar-refractivity contribution in [3.05, 3.63) is 60.3 Å². The second kappa shape index (κ2) is 10.3. The van der Waals surface area contributed by atoms with Crippen LogP contribution in [-0.2, 0) is 4.74 Å². The van der Waals surface area contributed by atoms with Gasteiger partial charge >= 0.3 is 0 Å². The van der Waals surface area contributed by atoms with Gasteiger partial charge in [-0.05, 0) is 19.1 Å². The molecule has 4 aromatic rings. The lowest BCUT2D eigenvalue weighted by molar-refractivity contribution is 0.0391. The highest BCUT2D eigenvalue weighted by Gasteiger charge is 2.26. The summed E-state index contributed by atoms with van der Waals surface area (Å²) in [5.74, 6) is 1.03. The van der Waals surface area contributed by atoms with Gasteiger partial charge in [0, 0.05) is 37.8 Å². The fourth-order valence-corrected chi connectivity index (χ4v) is 4.91. The Morgan fingerprint density at radius 2 is 1.97 bits per heavy atom. The summed E-state index contributed by atoms with van der Waals surface area (Å²) in [6.45, 7) is 6.79. The third-order valence-electron chi connectivity index (χ3n) is 5.68. The molecule has 1 aliphatic heterocycles. The first kappa shape index (κ1) is 22.5. The molecule has 0 bridgehead atoms. The second-order valence-corrected chi connectivity index (χ2v) is 8.89. The molecule has 0 spiro atoms. The van der Waals surface area contributed by atoms with Crippen LogP contribution in [0.4, 0.5) is 5.13 Å². The minimum atomic E-state index is -0.240. The smallest absolute Gasteiger partial charge is 0.282 e. The van der Waals surface area contributed by atoms with Crippen molar-refractivity contribution in [1.82, 2.24) is 15.0 Å². The molecule has 5 rings (SSSR count). The number of anilines is 1. The normalized spacial score (nSPS) is 14.4. The van der Waals surface area contributed by atoms with Gasteiger partial charge in [-0.2, -0.15) is 0 Å². The highest BCUT2D eigenvalue weighted by atomic mass is 32.1. The summed E-state index contributed by atoms with van der Waals surface area (Å²) in [5, 5.41) is 4.70. The zero-order valence-corrected chi connectivity index (χ0v) is 19.8. The summed E-state index contributed by atoms with van der Waals surface area (Å²) in [5.41, 5.74) is 1.89. The zero-order chi connectivity index (χ0) is 23.3. The van der Waals surface area contributed by atoms with Crippen LogP contribution in [0.5, 0.6) is 5.75 Å². The van der Waals surface area contributed by atoms with Crippen LogP contribution in [0.25, 0.3) is 21.5 Å². The molecule has 1 aliphatic rings. The topological polar surface area (TPSA) is 80.9 Å². The Morgan fingerprint density at radius 3 is 2.76 bits per heavy atom. The number of morpholine rings is 1. The van der Waals surface area contributed by atoms with Gasteiger partial charge in [0.05, 0.1) is 24.5 Å². The van der Waals surface area contributed by atoms with E-state index in [1.54, 1.807) is 11.0 Å². The molecular weight excluding hydrogens is 452 g/mol. The van der Waals surface area contributed by atoms with E-state index < -0.39 is 0 Å². The molecule has 0 N–H and O–H groups in total. The van der Waals surface area contributed by atoms with Gasteiger partial charge in [0.2, 0.25) is 0 Å². The molecule has 0 saturated carbocycles. The molecule has 8 nitrogen and oxygen atoms in total. The van der Waals surface area contributed by atoms with Gasteiger partial charge in [-0.25, -0.2) is 4.98 Å². The first-order valence-corrected chi connectivity index (χ1v) is 12.2. The fourth-order valence-electron chi connectivity index (χ4n) is 3.90. The minimum Gasteiger partial charge on any atom is -0.492 e. The first-order chi connectivity index (χ1) is 16.7. The molecule has 9 heteroatoms. The van der Waals surface area contributed by atoms with Crippen LogP contribution in [0.1, 0.15) is 17.4 Å². The Bertz CT molecular complexity index is 1250. The minimum absolute atomic E-state index is 0.240. The molecule has 2 aromatic heterocycles. The summed E-state index contributed by atoms with van der Waals surface area (Å²) in [4.78, 5) is 22.4. The molecule has 0 atom stereocenters. The Hall–Kier alpha value is -3.27. The third-order valence-corrected chi connectivity index (χ3v) is 6.72. The largest absolute Gasteiger partial charge is 0.492 e. The Morgan fingerprint density at radius 1 is 1.15 bits per heavy atom. The maximum Gasteiger partial charge on any atom is 0.282 e. The number of aromatic nitrogens is 2. The van der Waals surface area contributed by atoms with Crippen molar-refractivity contribution < 1.29 is 18.8 Å². The van der Waals surface area contributed by atoms with Crippen molar-refractivity contribution in [1.29, 1.82) is 0 Å². The van der Waals surface area contributed by atoms with Gasteiger partial charge in [-0.3, -0.25) is 14.6 Å². The number of rotatable bonds is 8. The number of para-hydroxylation sites is 1. The lowest BCUT2D eigenvalue weighted by atomic mass is 10.1. The van der Waals surface area contributed by atoms with Crippen LogP contribution in [0, 0.1) is 0 Å². The number of carbonyl (C=O) groups is 1. The van der Waals surface area contributed by atoms with Gasteiger partial charge < -0.3 is 14.0 Å². The van der Waals surface area contributed by atoms with E-state index in [0.717, 1.165) is 34.6 Å². The zero-order valence-electron chi connectivity index (χ0n) is 19.0. The van der Waals surface area contributed by atoms with E-state index in [1.807, 2.05) is 55.5 Å². The van der Waals surface area contributed by atoms with E-state index in [2.05, 4.69) is 10.1 Å². The number of ether oxygens (including phenoxy) is 2. The number of hydrogen-bond donors (Lipinski definition) is 0. The maximum atomic E-state index is 13.6. The van der Waals surface area contributed by atoms with Crippen LogP contribution >= 0.6 is 11.3 Å². The Balaban J connectivity index is 1.45. The highest BCUT2D eigenvalue weighted by molar-refractivity contribution is 7.22. The second-order valence-electron chi connectivity index (χ2n) is 7.89. The van der Waals surface area contributed by atoms with Crippen molar-refractivity contribution in [2.24, 2.45) is 0 Å². The summed E-state index contributed by atoms with van der Waals surface area (Å²) in [7, 11) is 0. The highest BCUT2D eigenvalue weighted by Crippen LogP contribution is 2.35. The molecule has 0 aliphatic carbocycles. The van der Waals surface area contributed by atoms with E-state index in [4.69, 9.17) is 19.0 Å². The number of carbonyl (C=O) groups excluding carboxylic acids is 1. The van der Waals surface area contributed by atoms with Crippen molar-refractivity contribution >= 4 is 32.6 Å². The summed E-state index contributed by atoms with van der Waals surface area (Å²) in [6, 6.07) is 17.2. The van der Waals surface area contributed by atoms with Crippen LogP contribution in [-0.4, -0.2) is 66.9 Å². The van der Waals surface area contributed by atoms with E-state index in [9.17, 15) is 4.79 Å². The number of nitrogens with zero attached hydrogens (tertiary/aromatic N) is 4. The molecule has 3 heterocycles. The number of thiazole rings is 1. The fraction of sp³-hybridized carbons (Fsp3) is 0.320. The predicted molar refractivity (Wildman–Crippen MR) is 132 cm³/mol. The summed E-state index contributed by atoms with van der Waals surface area (Å²) >= 11 is 1.47. The van der Waals surface area contributed by atoms with Gasteiger partial charge in [0.1, 0.15) is 11.3 Å². The lowest BCUT2D eigenvalue weighted by Gasteiger charge is -2.28. The Labute approximate surface area is 201 Å².